The molecule has 0 aliphatic heterocycles. The van der Waals surface area contributed by atoms with Crippen LogP contribution in [0, 0.1) is 0 Å². The second kappa shape index (κ2) is 4.18. The predicted octanol–water partition coefficient (Wildman–Crippen LogP) is 1.78. The first kappa shape index (κ1) is 9.92. The van der Waals surface area contributed by atoms with E-state index in [1.54, 1.807) is 0 Å². The molecule has 0 unspecified atom stereocenters. The van der Waals surface area contributed by atoms with E-state index < -0.39 is 0 Å². The lowest BCUT2D eigenvalue weighted by Crippen LogP contribution is -2.00. The third-order valence-electron chi connectivity index (χ3n) is 1.60. The molecule has 0 aliphatic rings. The van der Waals surface area contributed by atoms with Crippen LogP contribution in [0.2, 0.25) is 0 Å². The van der Waals surface area contributed by atoms with E-state index in [1.165, 1.54) is 18.2 Å². The van der Waals surface area contributed by atoms with E-state index in [-0.39, 0.29) is 22.4 Å². The molecule has 1 N–H and O–H groups in total. The molecule has 0 saturated heterocycles. The number of alkyl halides is 1. The maximum atomic E-state index is 11.1. The van der Waals surface area contributed by atoms with Gasteiger partial charge in [0.1, 0.15) is 5.75 Å². The van der Waals surface area contributed by atoms with Crippen LogP contribution in [0.1, 0.15) is 20.7 Å². The molecule has 3 nitrogen and oxygen atoms in total. The minimum atomic E-state index is -0.122. The highest BCUT2D eigenvalue weighted by molar-refractivity contribution is 9.09. The third kappa shape index (κ3) is 2.15. The maximum Gasteiger partial charge on any atom is 0.173 e. The van der Waals surface area contributed by atoms with Gasteiger partial charge in [-0.05, 0) is 18.2 Å². The molecule has 0 amide bonds. The number of carbonyl (C=O) groups is 2. The normalized spacial score (nSPS) is 9.62. The molecule has 68 valence electrons. The zero-order valence-corrected chi connectivity index (χ0v) is 8.24. The first-order chi connectivity index (χ1) is 6.19. The van der Waals surface area contributed by atoms with E-state index in [4.69, 9.17) is 5.11 Å². The first-order valence-electron chi connectivity index (χ1n) is 3.56. The number of phenolic OH excluding ortho intramolecular Hbond substituents is 1. The van der Waals surface area contributed by atoms with Crippen molar-refractivity contribution in [1.29, 1.82) is 0 Å². The van der Waals surface area contributed by atoms with Crippen LogP contribution in [0.15, 0.2) is 18.2 Å². The van der Waals surface area contributed by atoms with Crippen molar-refractivity contribution in [3.05, 3.63) is 29.3 Å². The highest BCUT2D eigenvalue weighted by Crippen LogP contribution is 2.16. The van der Waals surface area contributed by atoms with Crippen molar-refractivity contribution in [3.8, 4) is 5.75 Å². The third-order valence-corrected chi connectivity index (χ3v) is 2.11. The van der Waals surface area contributed by atoms with Crippen LogP contribution in [0.25, 0.3) is 0 Å². The molecule has 0 aromatic heterocycles. The van der Waals surface area contributed by atoms with Gasteiger partial charge in [0, 0.05) is 5.56 Å². The number of benzene rings is 1. The van der Waals surface area contributed by atoms with Crippen LogP contribution < -0.4 is 0 Å². The highest BCUT2D eigenvalue weighted by Gasteiger charge is 2.06. The molecule has 1 aromatic rings. The number of hydrogen-bond donors (Lipinski definition) is 1. The van der Waals surface area contributed by atoms with Crippen molar-refractivity contribution >= 4 is 28.0 Å². The minimum Gasteiger partial charge on any atom is -0.507 e. The summed E-state index contributed by atoms with van der Waals surface area (Å²) in [5.74, 6) is -0.232. The number of aldehydes is 1. The quantitative estimate of drug-likeness (QED) is 0.500. The summed E-state index contributed by atoms with van der Waals surface area (Å²) >= 11 is 3.02. The molecule has 4 heteroatoms. The number of halogens is 1. The number of carbonyl (C=O) groups excluding carboxylic acids is 2. The smallest absolute Gasteiger partial charge is 0.173 e. The van der Waals surface area contributed by atoms with E-state index >= 15 is 0 Å². The molecule has 1 aromatic carbocycles. The fourth-order valence-corrected chi connectivity index (χ4v) is 1.22. The first-order valence-corrected chi connectivity index (χ1v) is 4.68. The fourth-order valence-electron chi connectivity index (χ4n) is 0.900. The van der Waals surface area contributed by atoms with Gasteiger partial charge in [0.25, 0.3) is 0 Å². The molecule has 0 radical (unpaired) electrons. The number of aromatic hydroxyl groups is 1. The second-order valence-corrected chi connectivity index (χ2v) is 3.01. The number of phenols is 1. The van der Waals surface area contributed by atoms with E-state index in [1.807, 2.05) is 0 Å². The fraction of sp³-hybridized carbons (Fsp3) is 0.111. The molecule has 1 rings (SSSR count). The predicted molar refractivity (Wildman–Crippen MR) is 51.6 cm³/mol. The molecule has 13 heavy (non-hydrogen) atoms. The zero-order valence-electron chi connectivity index (χ0n) is 6.66. The summed E-state index contributed by atoms with van der Waals surface area (Å²) in [4.78, 5) is 21.6. The Morgan fingerprint density at radius 1 is 1.54 bits per heavy atom. The zero-order chi connectivity index (χ0) is 9.84. The highest BCUT2D eigenvalue weighted by atomic mass is 79.9. The summed E-state index contributed by atoms with van der Waals surface area (Å²) in [5.41, 5.74) is 0.545. The van der Waals surface area contributed by atoms with Crippen LogP contribution in [0.5, 0.6) is 5.75 Å². The van der Waals surface area contributed by atoms with Crippen LogP contribution in [0.3, 0.4) is 0 Å². The van der Waals surface area contributed by atoms with Crippen LogP contribution in [-0.2, 0) is 0 Å². The van der Waals surface area contributed by atoms with Crippen molar-refractivity contribution in [2.45, 2.75) is 0 Å². The molecule has 0 fully saturated rings. The Labute approximate surface area is 83.5 Å². The van der Waals surface area contributed by atoms with E-state index in [9.17, 15) is 9.59 Å². The van der Waals surface area contributed by atoms with Gasteiger partial charge in [0.2, 0.25) is 0 Å². The van der Waals surface area contributed by atoms with Gasteiger partial charge < -0.3 is 5.11 Å². The molecule has 0 heterocycles. The number of hydrogen-bond acceptors (Lipinski definition) is 3. The van der Waals surface area contributed by atoms with Crippen molar-refractivity contribution in [2.75, 3.05) is 5.33 Å². The van der Waals surface area contributed by atoms with Gasteiger partial charge in [-0.3, -0.25) is 9.59 Å². The Morgan fingerprint density at radius 2 is 2.23 bits per heavy atom. The van der Waals surface area contributed by atoms with Gasteiger partial charge >= 0.3 is 0 Å². The summed E-state index contributed by atoms with van der Waals surface area (Å²) < 4.78 is 0. The summed E-state index contributed by atoms with van der Waals surface area (Å²) in [6.07, 6.45) is 0.514. The molecular weight excluding hydrogens is 236 g/mol. The van der Waals surface area contributed by atoms with E-state index in [0.717, 1.165) is 0 Å². The molecule has 0 aliphatic carbocycles. The average Bonchev–Trinajstić information content (AvgIpc) is 2.17. The van der Waals surface area contributed by atoms with E-state index in [2.05, 4.69) is 15.9 Å². The Kier molecular flexibility index (Phi) is 3.19. The Balaban J connectivity index is 3.13. The average molecular weight is 243 g/mol. The largest absolute Gasteiger partial charge is 0.507 e. The van der Waals surface area contributed by atoms with Crippen molar-refractivity contribution in [1.82, 2.24) is 0 Å². The molecule has 0 bridgehead atoms. The SMILES string of the molecule is O=Cc1cc(C(=O)CBr)ccc1O. The van der Waals surface area contributed by atoms with Crippen LogP contribution in [-0.4, -0.2) is 22.5 Å². The van der Waals surface area contributed by atoms with Gasteiger partial charge in [-0.2, -0.15) is 0 Å². The lowest BCUT2D eigenvalue weighted by Gasteiger charge is -2.00. The standard InChI is InChI=1S/C9H7BrO3/c10-4-9(13)6-1-2-8(12)7(3-6)5-11/h1-3,5,12H,4H2. The Morgan fingerprint density at radius 3 is 2.77 bits per heavy atom. The van der Waals surface area contributed by atoms with Crippen molar-refractivity contribution < 1.29 is 14.7 Å². The Bertz CT molecular complexity index is 347. The van der Waals surface area contributed by atoms with Gasteiger partial charge in [-0.15, -0.1) is 0 Å². The van der Waals surface area contributed by atoms with Crippen LogP contribution in [0.4, 0.5) is 0 Å². The molecular formula is C9H7BrO3. The summed E-state index contributed by atoms with van der Waals surface area (Å²) in [5, 5.41) is 9.34. The van der Waals surface area contributed by atoms with Gasteiger partial charge in [0.05, 0.1) is 10.9 Å². The minimum absolute atomic E-state index is 0.110. The van der Waals surface area contributed by atoms with Crippen molar-refractivity contribution in [3.63, 3.8) is 0 Å². The topological polar surface area (TPSA) is 54.4 Å². The molecule has 0 atom stereocenters. The summed E-state index contributed by atoms with van der Waals surface area (Å²) in [6.45, 7) is 0. The van der Waals surface area contributed by atoms with Gasteiger partial charge in [0.15, 0.2) is 12.1 Å². The van der Waals surface area contributed by atoms with Gasteiger partial charge in [-0.1, -0.05) is 15.9 Å². The van der Waals surface area contributed by atoms with E-state index in [0.29, 0.717) is 11.8 Å². The van der Waals surface area contributed by atoms with Crippen molar-refractivity contribution in [2.24, 2.45) is 0 Å². The lowest BCUT2D eigenvalue weighted by atomic mass is 10.1. The lowest BCUT2D eigenvalue weighted by molar-refractivity contribution is 0.102. The van der Waals surface area contributed by atoms with Crippen LogP contribution >= 0.6 is 15.9 Å². The Hall–Kier alpha value is -1.16. The van der Waals surface area contributed by atoms with Gasteiger partial charge in [-0.25, -0.2) is 0 Å². The number of rotatable bonds is 3. The summed E-state index contributed by atoms with van der Waals surface area (Å²) in [6, 6.07) is 4.18. The molecule has 0 saturated carbocycles. The monoisotopic (exact) mass is 242 g/mol. The summed E-state index contributed by atoms with van der Waals surface area (Å²) in [7, 11) is 0. The number of ketones is 1. The molecule has 0 spiro atoms. The maximum absolute atomic E-state index is 11.1. The second-order valence-electron chi connectivity index (χ2n) is 2.45. The number of Topliss-reactive ketones (excluding diaryl/α,β-unsaturated/α-hetero) is 1.